The van der Waals surface area contributed by atoms with E-state index >= 15 is 0 Å². The van der Waals surface area contributed by atoms with E-state index in [2.05, 4.69) is 225 Å². The van der Waals surface area contributed by atoms with Crippen molar-refractivity contribution in [3.05, 3.63) is 217 Å². The summed E-state index contributed by atoms with van der Waals surface area (Å²) in [6, 6.07) is 75.4. The summed E-state index contributed by atoms with van der Waals surface area (Å²) in [7, 11) is 0. The first-order valence-electron chi connectivity index (χ1n) is 21.2. The molecule has 12 rings (SSSR count). The van der Waals surface area contributed by atoms with Crippen LogP contribution in [0.3, 0.4) is 0 Å². The summed E-state index contributed by atoms with van der Waals surface area (Å²) < 4.78 is 3.81. The normalized spacial score (nSPS) is 12.8. The Bertz CT molecular complexity index is 3470. The molecule has 0 atom stereocenters. The third-order valence-corrected chi connectivity index (χ3v) is 15.1. The molecular formula is C58H40N2S2. The quantitative estimate of drug-likeness (QED) is 0.159. The average Bonchev–Trinajstić information content (AvgIpc) is 4.00. The van der Waals surface area contributed by atoms with Crippen molar-refractivity contribution in [1.82, 2.24) is 4.98 Å². The minimum Gasteiger partial charge on any atom is -0.310 e. The van der Waals surface area contributed by atoms with Gasteiger partial charge >= 0.3 is 0 Å². The average molecular weight is 829 g/mol. The lowest BCUT2D eigenvalue weighted by Gasteiger charge is -2.28. The Morgan fingerprint density at radius 3 is 1.61 bits per heavy atom. The van der Waals surface area contributed by atoms with Crippen LogP contribution in [-0.2, 0) is 5.41 Å². The van der Waals surface area contributed by atoms with Gasteiger partial charge in [-0.2, -0.15) is 0 Å². The Kier molecular flexibility index (Phi) is 8.60. The zero-order chi connectivity index (χ0) is 41.4. The van der Waals surface area contributed by atoms with E-state index < -0.39 is 0 Å². The first-order valence-corrected chi connectivity index (χ1v) is 22.8. The van der Waals surface area contributed by atoms with Crippen molar-refractivity contribution < 1.29 is 0 Å². The molecule has 1 aliphatic carbocycles. The van der Waals surface area contributed by atoms with Crippen molar-refractivity contribution in [3.8, 4) is 55.1 Å². The second-order valence-electron chi connectivity index (χ2n) is 16.7. The molecule has 0 saturated carbocycles. The molecule has 9 aromatic carbocycles. The number of benzene rings is 9. The number of rotatable bonds is 7. The molecule has 294 valence electrons. The maximum Gasteiger partial charge on any atom is 0.124 e. The molecule has 0 N–H and O–H groups in total. The number of hydrogen-bond acceptors (Lipinski definition) is 4. The molecule has 11 aromatic rings. The van der Waals surface area contributed by atoms with Gasteiger partial charge in [-0.15, -0.1) is 22.7 Å². The first-order chi connectivity index (χ1) is 30.5. The Morgan fingerprint density at radius 1 is 0.387 bits per heavy atom. The lowest BCUT2D eigenvalue weighted by atomic mass is 9.82. The fourth-order valence-electron chi connectivity index (χ4n) is 9.58. The zero-order valence-electron chi connectivity index (χ0n) is 34.3. The molecule has 0 spiro atoms. The van der Waals surface area contributed by atoms with Crippen LogP contribution in [-0.4, -0.2) is 4.98 Å². The van der Waals surface area contributed by atoms with Crippen molar-refractivity contribution in [2.75, 3.05) is 4.90 Å². The third kappa shape index (κ3) is 6.01. The van der Waals surface area contributed by atoms with Gasteiger partial charge in [0.15, 0.2) is 0 Å². The largest absolute Gasteiger partial charge is 0.310 e. The van der Waals surface area contributed by atoms with E-state index in [4.69, 9.17) is 4.98 Å². The molecule has 0 amide bonds. The summed E-state index contributed by atoms with van der Waals surface area (Å²) >= 11 is 3.65. The van der Waals surface area contributed by atoms with Gasteiger partial charge in [-0.1, -0.05) is 178 Å². The van der Waals surface area contributed by atoms with Crippen LogP contribution < -0.4 is 4.90 Å². The van der Waals surface area contributed by atoms with Gasteiger partial charge in [-0.25, -0.2) is 4.98 Å². The third-order valence-electron chi connectivity index (χ3n) is 12.7. The van der Waals surface area contributed by atoms with Crippen LogP contribution in [0.4, 0.5) is 17.1 Å². The van der Waals surface area contributed by atoms with E-state index in [9.17, 15) is 0 Å². The summed E-state index contributed by atoms with van der Waals surface area (Å²) in [5.74, 6) is 0. The number of nitrogens with zero attached hydrogens (tertiary/aromatic N) is 2. The number of thiophene rings is 1. The molecule has 4 heteroatoms. The SMILES string of the molecule is CC1(C)c2ccccc2-c2ccc(N(c3ccc(-c4cccc5c4sc4c(-c6ccccc6)cccc45)cc3)c3ccc4sc(-c5ccc(-c6ccccc6)cc5)nc4c3)cc21. The molecule has 1 aliphatic rings. The van der Waals surface area contributed by atoms with E-state index in [0.29, 0.717) is 0 Å². The molecule has 0 fully saturated rings. The molecule has 2 aromatic heterocycles. The second-order valence-corrected chi connectivity index (χ2v) is 18.8. The van der Waals surface area contributed by atoms with Gasteiger partial charge in [0.25, 0.3) is 0 Å². The number of hydrogen-bond donors (Lipinski definition) is 0. The molecule has 2 nitrogen and oxygen atoms in total. The van der Waals surface area contributed by atoms with Crippen LogP contribution in [0.15, 0.2) is 206 Å². The summed E-state index contributed by atoms with van der Waals surface area (Å²) in [5.41, 5.74) is 18.1. The van der Waals surface area contributed by atoms with E-state index in [-0.39, 0.29) is 5.41 Å². The number of thiazole rings is 1. The smallest absolute Gasteiger partial charge is 0.124 e. The molecule has 0 aliphatic heterocycles. The predicted octanol–water partition coefficient (Wildman–Crippen LogP) is 17.1. The van der Waals surface area contributed by atoms with Crippen molar-refractivity contribution in [2.24, 2.45) is 0 Å². The van der Waals surface area contributed by atoms with Crippen LogP contribution >= 0.6 is 22.7 Å². The molecule has 0 radical (unpaired) electrons. The van der Waals surface area contributed by atoms with Crippen molar-refractivity contribution in [3.63, 3.8) is 0 Å². The Hall–Kier alpha value is -7.11. The second kappa shape index (κ2) is 14.5. The van der Waals surface area contributed by atoms with Gasteiger partial charge in [0.05, 0.1) is 10.2 Å². The highest BCUT2D eigenvalue weighted by atomic mass is 32.1. The Balaban J connectivity index is 0.957. The first kappa shape index (κ1) is 36.7. The van der Waals surface area contributed by atoms with Gasteiger partial charge in [0.2, 0.25) is 0 Å². The zero-order valence-corrected chi connectivity index (χ0v) is 36.0. The number of anilines is 3. The summed E-state index contributed by atoms with van der Waals surface area (Å²) in [6.45, 7) is 4.71. The minimum absolute atomic E-state index is 0.120. The Labute approximate surface area is 369 Å². The van der Waals surface area contributed by atoms with Crippen molar-refractivity contribution in [2.45, 2.75) is 19.3 Å². The lowest BCUT2D eigenvalue weighted by molar-refractivity contribution is 0.660. The molecule has 0 saturated heterocycles. The standard InChI is InChI=1S/C58H40N2S2/c1-58(2)51-22-10-9-17-47(51)48-33-31-43(35-52(48)58)60(44-32-34-54-53(36-44)59-57(61-54)41-25-23-38(24-26-41)37-13-5-3-6-14-37)42-29-27-40(28-30-42)46-19-12-21-50-49-20-11-18-45(55(49)62-56(46)50)39-15-7-4-8-16-39/h3-36H,1-2H3. The van der Waals surface area contributed by atoms with Crippen LogP contribution in [0, 0.1) is 0 Å². The van der Waals surface area contributed by atoms with Crippen molar-refractivity contribution in [1.29, 1.82) is 0 Å². The monoisotopic (exact) mass is 828 g/mol. The molecule has 2 heterocycles. The minimum atomic E-state index is -0.120. The van der Waals surface area contributed by atoms with Crippen LogP contribution in [0.2, 0.25) is 0 Å². The van der Waals surface area contributed by atoms with Gasteiger partial charge < -0.3 is 4.90 Å². The fourth-order valence-corrected chi connectivity index (χ4v) is 11.9. The van der Waals surface area contributed by atoms with Gasteiger partial charge in [0, 0.05) is 48.2 Å². The molecule has 62 heavy (non-hydrogen) atoms. The van der Waals surface area contributed by atoms with Crippen molar-refractivity contribution >= 4 is 70.1 Å². The predicted molar refractivity (Wildman–Crippen MR) is 266 cm³/mol. The topological polar surface area (TPSA) is 16.1 Å². The Morgan fingerprint density at radius 2 is 0.903 bits per heavy atom. The van der Waals surface area contributed by atoms with Crippen LogP contribution in [0.5, 0.6) is 0 Å². The highest BCUT2D eigenvalue weighted by Crippen LogP contribution is 2.51. The van der Waals surface area contributed by atoms with Gasteiger partial charge in [-0.05, 0) is 98.1 Å². The van der Waals surface area contributed by atoms with Gasteiger partial charge in [-0.3, -0.25) is 0 Å². The molecule has 0 bridgehead atoms. The molecular weight excluding hydrogens is 789 g/mol. The summed E-state index contributed by atoms with van der Waals surface area (Å²) in [5, 5.41) is 3.63. The number of aromatic nitrogens is 1. The van der Waals surface area contributed by atoms with E-state index in [1.165, 1.54) is 80.5 Å². The maximum atomic E-state index is 5.24. The summed E-state index contributed by atoms with van der Waals surface area (Å²) in [6.07, 6.45) is 0. The lowest BCUT2D eigenvalue weighted by Crippen LogP contribution is -2.16. The maximum absolute atomic E-state index is 5.24. The fraction of sp³-hybridized carbons (Fsp3) is 0.0517. The van der Waals surface area contributed by atoms with Crippen LogP contribution in [0.25, 0.3) is 85.5 Å². The van der Waals surface area contributed by atoms with E-state index in [0.717, 1.165) is 33.1 Å². The highest BCUT2D eigenvalue weighted by molar-refractivity contribution is 7.27. The van der Waals surface area contributed by atoms with E-state index in [1.54, 1.807) is 11.3 Å². The van der Waals surface area contributed by atoms with Crippen LogP contribution in [0.1, 0.15) is 25.0 Å². The summed E-state index contributed by atoms with van der Waals surface area (Å²) in [4.78, 5) is 7.65. The number of fused-ring (bicyclic) bond motifs is 7. The van der Waals surface area contributed by atoms with E-state index in [1.807, 2.05) is 11.3 Å². The van der Waals surface area contributed by atoms with Gasteiger partial charge in [0.1, 0.15) is 5.01 Å². The highest BCUT2D eigenvalue weighted by Gasteiger charge is 2.35. The molecule has 0 unspecified atom stereocenters.